The van der Waals surface area contributed by atoms with Crippen molar-refractivity contribution in [3.8, 4) is 0 Å². The van der Waals surface area contributed by atoms with Gasteiger partial charge < -0.3 is 5.21 Å². The third-order valence-corrected chi connectivity index (χ3v) is 1.54. The van der Waals surface area contributed by atoms with E-state index in [2.05, 4.69) is 10.3 Å². The first kappa shape index (κ1) is 7.78. The Morgan fingerprint density at radius 1 is 1.82 bits per heavy atom. The molecule has 1 aromatic heterocycles. The van der Waals surface area contributed by atoms with Gasteiger partial charge in [0.15, 0.2) is 0 Å². The van der Waals surface area contributed by atoms with Crippen molar-refractivity contribution in [2.75, 3.05) is 0 Å². The minimum Gasteiger partial charge on any atom is -0.411 e. The van der Waals surface area contributed by atoms with Gasteiger partial charge in [-0.25, -0.2) is 0 Å². The zero-order chi connectivity index (χ0) is 8.27. The van der Waals surface area contributed by atoms with Crippen molar-refractivity contribution < 1.29 is 5.21 Å². The summed E-state index contributed by atoms with van der Waals surface area (Å²) < 4.78 is 1.77. The molecule has 1 N–H and O–H groups in total. The molecule has 11 heavy (non-hydrogen) atoms. The Kier molecular flexibility index (Phi) is 2.25. The van der Waals surface area contributed by atoms with Crippen LogP contribution in [0, 0.1) is 0 Å². The topological polar surface area (TPSA) is 50.4 Å². The van der Waals surface area contributed by atoms with Gasteiger partial charge in [-0.05, 0) is 19.9 Å². The van der Waals surface area contributed by atoms with Crippen LogP contribution >= 0.6 is 0 Å². The summed E-state index contributed by atoms with van der Waals surface area (Å²) in [5, 5.41) is 15.6. The molecule has 1 heterocycles. The first-order valence-corrected chi connectivity index (χ1v) is 3.50. The van der Waals surface area contributed by atoms with Crippen molar-refractivity contribution in [1.82, 2.24) is 9.78 Å². The van der Waals surface area contributed by atoms with Gasteiger partial charge in [0.2, 0.25) is 0 Å². The van der Waals surface area contributed by atoms with Crippen LogP contribution in [0.3, 0.4) is 0 Å². The van der Waals surface area contributed by atoms with Crippen LogP contribution < -0.4 is 0 Å². The maximum Gasteiger partial charge on any atom is 0.102 e. The van der Waals surface area contributed by atoms with E-state index < -0.39 is 0 Å². The molecule has 0 spiro atoms. The number of aryl methyl sites for hydroxylation is 1. The van der Waals surface area contributed by atoms with Crippen LogP contribution in [-0.4, -0.2) is 20.7 Å². The molecule has 0 aliphatic rings. The number of oxime groups is 1. The molecule has 1 aromatic rings. The fraction of sp³-hybridized carbons (Fsp3) is 0.429. The maximum absolute atomic E-state index is 8.47. The highest BCUT2D eigenvalue weighted by Gasteiger charge is 2.02. The van der Waals surface area contributed by atoms with Gasteiger partial charge in [0.1, 0.15) is 5.71 Å². The fourth-order valence-corrected chi connectivity index (χ4v) is 0.943. The zero-order valence-corrected chi connectivity index (χ0v) is 6.65. The third-order valence-electron chi connectivity index (χ3n) is 1.54. The minimum absolute atomic E-state index is 0.587. The van der Waals surface area contributed by atoms with Gasteiger partial charge >= 0.3 is 0 Å². The lowest BCUT2D eigenvalue weighted by Crippen LogP contribution is -2.07. The van der Waals surface area contributed by atoms with E-state index in [1.807, 2.05) is 13.0 Å². The summed E-state index contributed by atoms with van der Waals surface area (Å²) in [4.78, 5) is 0. The summed E-state index contributed by atoms with van der Waals surface area (Å²) in [6.07, 6.45) is 1.69. The summed E-state index contributed by atoms with van der Waals surface area (Å²) in [5.41, 5.74) is 1.44. The molecule has 60 valence electrons. The molecule has 0 aromatic carbocycles. The number of rotatable bonds is 2. The highest BCUT2D eigenvalue weighted by molar-refractivity contribution is 5.96. The Labute approximate surface area is 65.1 Å². The molecule has 4 nitrogen and oxygen atoms in total. The van der Waals surface area contributed by atoms with E-state index in [1.54, 1.807) is 17.8 Å². The first-order chi connectivity index (χ1) is 5.29. The summed E-state index contributed by atoms with van der Waals surface area (Å²) in [6.45, 7) is 4.51. The molecule has 0 atom stereocenters. The lowest BCUT2D eigenvalue weighted by atomic mass is 10.3. The maximum atomic E-state index is 8.47. The fourth-order valence-electron chi connectivity index (χ4n) is 0.943. The van der Waals surface area contributed by atoms with Gasteiger partial charge in [-0.1, -0.05) is 5.16 Å². The molecule has 0 bridgehead atoms. The van der Waals surface area contributed by atoms with Crippen molar-refractivity contribution in [3.63, 3.8) is 0 Å². The molecule has 0 amide bonds. The van der Waals surface area contributed by atoms with E-state index in [1.165, 1.54) is 0 Å². The Morgan fingerprint density at radius 3 is 3.09 bits per heavy atom. The molecule has 1 rings (SSSR count). The largest absolute Gasteiger partial charge is 0.411 e. The van der Waals surface area contributed by atoms with Gasteiger partial charge in [-0.2, -0.15) is 5.10 Å². The second-order valence-corrected chi connectivity index (χ2v) is 2.22. The molecule has 0 unspecified atom stereocenters. The van der Waals surface area contributed by atoms with Crippen LogP contribution in [0.2, 0.25) is 0 Å². The summed E-state index contributed by atoms with van der Waals surface area (Å²) in [7, 11) is 0. The SMILES string of the molecule is CCn1nccc1/C(C)=N/O. The van der Waals surface area contributed by atoms with Crippen LogP contribution in [0.5, 0.6) is 0 Å². The molecule has 4 heteroatoms. The summed E-state index contributed by atoms with van der Waals surface area (Å²) in [5.74, 6) is 0. The average molecular weight is 153 g/mol. The van der Waals surface area contributed by atoms with E-state index in [0.717, 1.165) is 12.2 Å². The predicted molar refractivity (Wildman–Crippen MR) is 41.9 cm³/mol. The lowest BCUT2D eigenvalue weighted by Gasteiger charge is -2.00. The minimum atomic E-state index is 0.587. The van der Waals surface area contributed by atoms with Crippen LogP contribution in [0.15, 0.2) is 17.4 Å². The van der Waals surface area contributed by atoms with Crippen molar-refractivity contribution >= 4 is 5.71 Å². The molecular weight excluding hydrogens is 142 g/mol. The Bertz CT molecular complexity index is 264. The monoisotopic (exact) mass is 153 g/mol. The molecule has 0 radical (unpaired) electrons. The highest BCUT2D eigenvalue weighted by atomic mass is 16.4. The summed E-state index contributed by atoms with van der Waals surface area (Å²) >= 11 is 0. The van der Waals surface area contributed by atoms with E-state index in [9.17, 15) is 0 Å². The van der Waals surface area contributed by atoms with Gasteiger partial charge in [0, 0.05) is 12.7 Å². The van der Waals surface area contributed by atoms with Crippen LogP contribution in [0.4, 0.5) is 0 Å². The van der Waals surface area contributed by atoms with E-state index in [4.69, 9.17) is 5.21 Å². The van der Waals surface area contributed by atoms with E-state index in [0.29, 0.717) is 5.71 Å². The Hall–Kier alpha value is -1.32. The van der Waals surface area contributed by atoms with E-state index >= 15 is 0 Å². The smallest absolute Gasteiger partial charge is 0.102 e. The normalized spacial score (nSPS) is 12.0. The van der Waals surface area contributed by atoms with Crippen LogP contribution in [-0.2, 0) is 6.54 Å². The van der Waals surface area contributed by atoms with Crippen molar-refractivity contribution in [1.29, 1.82) is 0 Å². The zero-order valence-electron chi connectivity index (χ0n) is 6.65. The average Bonchev–Trinajstić information content (AvgIpc) is 2.50. The van der Waals surface area contributed by atoms with Crippen LogP contribution in [0.1, 0.15) is 19.5 Å². The second kappa shape index (κ2) is 3.18. The van der Waals surface area contributed by atoms with Gasteiger partial charge in [0.05, 0.1) is 5.69 Å². The number of nitrogens with zero attached hydrogens (tertiary/aromatic N) is 3. The number of aromatic nitrogens is 2. The third kappa shape index (κ3) is 1.39. The van der Waals surface area contributed by atoms with Crippen molar-refractivity contribution in [3.05, 3.63) is 18.0 Å². The first-order valence-electron chi connectivity index (χ1n) is 3.50. The van der Waals surface area contributed by atoms with Crippen molar-refractivity contribution in [2.45, 2.75) is 20.4 Å². The van der Waals surface area contributed by atoms with Crippen LogP contribution in [0.25, 0.3) is 0 Å². The number of hydrogen-bond acceptors (Lipinski definition) is 3. The summed E-state index contributed by atoms with van der Waals surface area (Å²) in [6, 6.07) is 1.82. The Morgan fingerprint density at radius 2 is 2.55 bits per heavy atom. The molecule has 0 saturated carbocycles. The number of hydrogen-bond donors (Lipinski definition) is 1. The van der Waals surface area contributed by atoms with Gasteiger partial charge in [-0.15, -0.1) is 0 Å². The second-order valence-electron chi connectivity index (χ2n) is 2.22. The highest BCUT2D eigenvalue weighted by Crippen LogP contribution is 1.99. The molecular formula is C7H11N3O. The lowest BCUT2D eigenvalue weighted by molar-refractivity contribution is 0.318. The Balaban J connectivity index is 3.02. The molecule has 0 fully saturated rings. The van der Waals surface area contributed by atoms with Gasteiger partial charge in [0.25, 0.3) is 0 Å². The van der Waals surface area contributed by atoms with E-state index in [-0.39, 0.29) is 0 Å². The van der Waals surface area contributed by atoms with Crippen molar-refractivity contribution in [2.24, 2.45) is 5.16 Å². The molecule has 0 saturated heterocycles. The quantitative estimate of drug-likeness (QED) is 0.393. The molecule has 0 aliphatic heterocycles. The van der Waals surface area contributed by atoms with Gasteiger partial charge in [-0.3, -0.25) is 4.68 Å². The molecule has 0 aliphatic carbocycles. The standard InChI is InChI=1S/C7H11N3O/c1-3-10-7(4-5-8-10)6(2)9-11/h4-5,11H,3H2,1-2H3/b9-6+. The predicted octanol–water partition coefficient (Wildman–Crippen LogP) is 1.10.